The number of allylic oxidation sites excluding steroid dienone is 1. The van der Waals surface area contributed by atoms with Gasteiger partial charge in [0.1, 0.15) is 5.60 Å². The van der Waals surface area contributed by atoms with Gasteiger partial charge in [-0.05, 0) is 39.2 Å². The smallest absolute Gasteiger partial charge is 0.410 e. The highest BCUT2D eigenvalue weighted by Gasteiger charge is 2.59. The Morgan fingerprint density at radius 2 is 2.13 bits per heavy atom. The van der Waals surface area contributed by atoms with Crippen LogP contribution in [0.25, 0.3) is 0 Å². The SMILES string of the molecule is C=CCC12CCN(C(=O)OC(C)(C)C)C1c1ccccc1C2=O. The molecule has 0 radical (unpaired) electrons. The Bertz CT molecular complexity index is 673. The van der Waals surface area contributed by atoms with Crippen LogP contribution in [-0.2, 0) is 4.74 Å². The van der Waals surface area contributed by atoms with Crippen LogP contribution in [0.4, 0.5) is 4.79 Å². The molecule has 1 amide bonds. The average Bonchev–Trinajstić information content (AvgIpc) is 2.94. The number of carbonyl (C=O) groups is 2. The summed E-state index contributed by atoms with van der Waals surface area (Å²) in [7, 11) is 0. The first-order chi connectivity index (χ1) is 10.8. The average molecular weight is 313 g/mol. The quantitative estimate of drug-likeness (QED) is 0.771. The minimum atomic E-state index is -0.581. The molecule has 0 N–H and O–H groups in total. The third-order valence-electron chi connectivity index (χ3n) is 4.72. The fourth-order valence-corrected chi connectivity index (χ4v) is 3.88. The molecule has 23 heavy (non-hydrogen) atoms. The monoisotopic (exact) mass is 313 g/mol. The van der Waals surface area contributed by atoms with Crippen molar-refractivity contribution in [3.05, 3.63) is 48.0 Å². The second-order valence-corrected chi connectivity index (χ2v) is 7.39. The van der Waals surface area contributed by atoms with Gasteiger partial charge in [-0.1, -0.05) is 30.3 Å². The third kappa shape index (κ3) is 2.37. The van der Waals surface area contributed by atoms with E-state index < -0.39 is 11.0 Å². The van der Waals surface area contributed by atoms with Crippen LogP contribution in [0, 0.1) is 5.41 Å². The van der Waals surface area contributed by atoms with Crippen LogP contribution >= 0.6 is 0 Å². The van der Waals surface area contributed by atoms with Crippen LogP contribution in [0.15, 0.2) is 36.9 Å². The Labute approximate surface area is 137 Å². The molecule has 1 aliphatic carbocycles. The van der Waals surface area contributed by atoms with E-state index in [1.807, 2.05) is 45.0 Å². The van der Waals surface area contributed by atoms with Gasteiger partial charge in [0.2, 0.25) is 0 Å². The molecule has 1 fully saturated rings. The maximum Gasteiger partial charge on any atom is 0.410 e. The molecular formula is C19H23NO3. The normalized spacial score (nSPS) is 26.0. The highest BCUT2D eigenvalue weighted by atomic mass is 16.6. The lowest BCUT2D eigenvalue weighted by molar-refractivity contribution is 0.0179. The van der Waals surface area contributed by atoms with Crippen molar-refractivity contribution in [2.75, 3.05) is 6.54 Å². The summed E-state index contributed by atoms with van der Waals surface area (Å²) in [5.41, 5.74) is 0.529. The van der Waals surface area contributed by atoms with Crippen LogP contribution < -0.4 is 0 Å². The van der Waals surface area contributed by atoms with Crippen molar-refractivity contribution in [2.45, 2.75) is 45.3 Å². The Morgan fingerprint density at radius 3 is 2.78 bits per heavy atom. The maximum atomic E-state index is 13.0. The third-order valence-corrected chi connectivity index (χ3v) is 4.72. The van der Waals surface area contributed by atoms with Gasteiger partial charge in [0, 0.05) is 12.1 Å². The summed E-state index contributed by atoms with van der Waals surface area (Å²) in [5, 5.41) is 0. The van der Waals surface area contributed by atoms with Gasteiger partial charge >= 0.3 is 6.09 Å². The van der Waals surface area contributed by atoms with Gasteiger partial charge in [-0.3, -0.25) is 4.79 Å². The predicted octanol–water partition coefficient (Wildman–Crippen LogP) is 4.13. The van der Waals surface area contributed by atoms with Crippen LogP contribution in [0.2, 0.25) is 0 Å². The number of Topliss-reactive ketones (excluding diaryl/α,β-unsaturated/α-hetero) is 1. The zero-order chi connectivity index (χ0) is 16.8. The zero-order valence-electron chi connectivity index (χ0n) is 14.0. The van der Waals surface area contributed by atoms with Crippen molar-refractivity contribution in [1.82, 2.24) is 4.90 Å². The molecule has 0 saturated carbocycles. The zero-order valence-corrected chi connectivity index (χ0v) is 14.0. The number of hydrogen-bond donors (Lipinski definition) is 0. The molecule has 122 valence electrons. The van der Waals surface area contributed by atoms with E-state index >= 15 is 0 Å². The van der Waals surface area contributed by atoms with Gasteiger partial charge in [-0.15, -0.1) is 6.58 Å². The molecule has 2 aliphatic rings. The molecule has 4 heteroatoms. The predicted molar refractivity (Wildman–Crippen MR) is 88.3 cm³/mol. The molecule has 1 saturated heterocycles. The van der Waals surface area contributed by atoms with Crippen LogP contribution in [-0.4, -0.2) is 28.9 Å². The highest BCUT2D eigenvalue weighted by Crippen LogP contribution is 2.57. The largest absolute Gasteiger partial charge is 0.444 e. The number of ether oxygens (including phenoxy) is 1. The number of amides is 1. The number of rotatable bonds is 2. The van der Waals surface area contributed by atoms with Crippen molar-refractivity contribution >= 4 is 11.9 Å². The van der Waals surface area contributed by atoms with Crippen LogP contribution in [0.1, 0.15) is 55.6 Å². The lowest BCUT2D eigenvalue weighted by Crippen LogP contribution is -2.39. The molecule has 1 heterocycles. The summed E-state index contributed by atoms with van der Waals surface area (Å²) in [6.45, 7) is 9.91. The van der Waals surface area contributed by atoms with Gasteiger partial charge < -0.3 is 9.64 Å². The minimum absolute atomic E-state index is 0.129. The van der Waals surface area contributed by atoms with E-state index in [0.717, 1.165) is 11.1 Å². The molecule has 1 aromatic carbocycles. The standard InChI is InChI=1S/C19H23NO3/c1-5-10-19-11-12-20(17(22)23-18(2,3)4)15(19)13-8-6-7-9-14(13)16(19)21/h5-9,15H,1,10-12H2,2-4H3. The summed E-state index contributed by atoms with van der Waals surface area (Å²) in [4.78, 5) is 27.4. The highest BCUT2D eigenvalue weighted by molar-refractivity contribution is 6.06. The molecule has 1 aromatic rings. The van der Waals surface area contributed by atoms with Crippen molar-refractivity contribution in [3.8, 4) is 0 Å². The summed E-state index contributed by atoms with van der Waals surface area (Å²) < 4.78 is 5.55. The first-order valence-electron chi connectivity index (χ1n) is 8.04. The maximum absolute atomic E-state index is 13.0. The summed E-state index contributed by atoms with van der Waals surface area (Å²) in [5.74, 6) is 0.129. The van der Waals surface area contributed by atoms with E-state index in [0.29, 0.717) is 19.4 Å². The number of hydrogen-bond acceptors (Lipinski definition) is 3. The second-order valence-electron chi connectivity index (χ2n) is 7.39. The molecule has 4 nitrogen and oxygen atoms in total. The molecule has 1 aliphatic heterocycles. The number of carbonyl (C=O) groups excluding carboxylic acids is 2. The molecule has 0 aromatic heterocycles. The summed E-state index contributed by atoms with van der Waals surface area (Å²) in [6, 6.07) is 7.34. The Balaban J connectivity index is 2.03. The van der Waals surface area contributed by atoms with E-state index in [-0.39, 0.29) is 17.9 Å². The van der Waals surface area contributed by atoms with Gasteiger partial charge in [0.15, 0.2) is 5.78 Å². The molecule has 3 rings (SSSR count). The Kier molecular flexibility index (Phi) is 3.58. The van der Waals surface area contributed by atoms with E-state index in [4.69, 9.17) is 4.74 Å². The number of ketones is 1. The summed E-state index contributed by atoms with van der Waals surface area (Å²) in [6.07, 6.45) is 2.66. The van der Waals surface area contributed by atoms with Crippen molar-refractivity contribution in [3.63, 3.8) is 0 Å². The Morgan fingerprint density at radius 1 is 1.43 bits per heavy atom. The first kappa shape index (κ1) is 15.8. The molecular weight excluding hydrogens is 290 g/mol. The van der Waals surface area contributed by atoms with E-state index in [1.165, 1.54) is 0 Å². The van der Waals surface area contributed by atoms with Crippen LogP contribution in [0.5, 0.6) is 0 Å². The fourth-order valence-electron chi connectivity index (χ4n) is 3.88. The van der Waals surface area contributed by atoms with E-state index in [9.17, 15) is 9.59 Å². The van der Waals surface area contributed by atoms with Gasteiger partial charge in [-0.2, -0.15) is 0 Å². The van der Waals surface area contributed by atoms with Gasteiger partial charge in [-0.25, -0.2) is 4.79 Å². The fraction of sp³-hybridized carbons (Fsp3) is 0.474. The lowest BCUT2D eigenvalue weighted by atomic mass is 9.77. The number of fused-ring (bicyclic) bond motifs is 3. The van der Waals surface area contributed by atoms with E-state index in [2.05, 4.69) is 6.58 Å². The first-order valence-corrected chi connectivity index (χ1v) is 8.04. The second kappa shape index (κ2) is 5.22. The van der Waals surface area contributed by atoms with Gasteiger partial charge in [0.05, 0.1) is 11.5 Å². The molecule has 0 spiro atoms. The van der Waals surface area contributed by atoms with Gasteiger partial charge in [0.25, 0.3) is 0 Å². The van der Waals surface area contributed by atoms with Crippen molar-refractivity contribution in [2.24, 2.45) is 5.41 Å². The van der Waals surface area contributed by atoms with E-state index in [1.54, 1.807) is 11.0 Å². The van der Waals surface area contributed by atoms with Crippen LogP contribution in [0.3, 0.4) is 0 Å². The number of likely N-dealkylation sites (tertiary alicyclic amines) is 1. The summed E-state index contributed by atoms with van der Waals surface area (Å²) >= 11 is 0. The number of nitrogens with zero attached hydrogens (tertiary/aromatic N) is 1. The molecule has 2 atom stereocenters. The number of benzene rings is 1. The topological polar surface area (TPSA) is 46.6 Å². The lowest BCUT2D eigenvalue weighted by Gasteiger charge is -2.32. The minimum Gasteiger partial charge on any atom is -0.444 e. The van der Waals surface area contributed by atoms with Crippen molar-refractivity contribution < 1.29 is 14.3 Å². The Hall–Kier alpha value is -2.10. The molecule has 2 unspecified atom stereocenters. The molecule has 0 bridgehead atoms. The van der Waals surface area contributed by atoms with Crippen molar-refractivity contribution in [1.29, 1.82) is 0 Å².